The van der Waals surface area contributed by atoms with Gasteiger partial charge >= 0.3 is 5.97 Å². The highest BCUT2D eigenvalue weighted by molar-refractivity contribution is 5.84. The molecule has 4 heteroatoms. The molecular weight excluding hydrogens is 530 g/mol. The molecular formula is C39H67NO3. The van der Waals surface area contributed by atoms with Gasteiger partial charge in [-0.3, -0.25) is 4.79 Å². The minimum atomic E-state index is -0.553. The standard InChI is InChI=1S/C39H67NO3/c1-25(2)12-11-13-28(7)31-14-15-33-38(31,9)21-18-34-37(8)20-17-30(24-29(37)16-19-39(33,34)10)43-36(42)32(22-26(3)4)40-35(41)23-27(5)6/h16,25-28,30-34H,11-15,17-24H2,1-10H3,(H,40,41)/t28-,30+,31?,32?,33-,34-,37+,38-,39+/m1/s1. The van der Waals surface area contributed by atoms with Crippen LogP contribution in [0, 0.1) is 57.7 Å². The Morgan fingerprint density at radius 2 is 1.58 bits per heavy atom. The Kier molecular flexibility index (Phi) is 10.9. The molecule has 246 valence electrons. The van der Waals surface area contributed by atoms with E-state index in [0.29, 0.717) is 35.5 Å². The zero-order valence-corrected chi connectivity index (χ0v) is 29.7. The number of nitrogens with one attached hydrogen (secondary N) is 1. The van der Waals surface area contributed by atoms with Gasteiger partial charge in [0.05, 0.1) is 0 Å². The Labute approximate surface area is 265 Å². The lowest BCUT2D eigenvalue weighted by Crippen LogP contribution is -2.56. The van der Waals surface area contributed by atoms with Crippen molar-refractivity contribution in [3.05, 3.63) is 11.6 Å². The Balaban J connectivity index is 1.43. The van der Waals surface area contributed by atoms with Crippen molar-refractivity contribution in [3.63, 3.8) is 0 Å². The maximum atomic E-state index is 13.4. The lowest BCUT2D eigenvalue weighted by Gasteiger charge is -2.63. The lowest BCUT2D eigenvalue weighted by molar-refractivity contribution is -0.157. The molecule has 9 atom stereocenters. The van der Waals surface area contributed by atoms with E-state index in [2.05, 4.69) is 66.8 Å². The monoisotopic (exact) mass is 598 g/mol. The van der Waals surface area contributed by atoms with Crippen LogP contribution in [0.1, 0.15) is 153 Å². The maximum Gasteiger partial charge on any atom is 0.328 e. The average Bonchev–Trinajstić information content (AvgIpc) is 3.26. The molecule has 4 rings (SSSR count). The van der Waals surface area contributed by atoms with E-state index in [0.717, 1.165) is 42.9 Å². The molecule has 0 aliphatic heterocycles. The van der Waals surface area contributed by atoms with Gasteiger partial charge in [-0.25, -0.2) is 4.79 Å². The van der Waals surface area contributed by atoms with E-state index in [1.807, 2.05) is 13.8 Å². The van der Waals surface area contributed by atoms with Crippen molar-refractivity contribution in [3.8, 4) is 0 Å². The molecule has 4 nitrogen and oxygen atoms in total. The van der Waals surface area contributed by atoms with Crippen molar-refractivity contribution < 1.29 is 14.3 Å². The van der Waals surface area contributed by atoms with E-state index in [9.17, 15) is 9.59 Å². The van der Waals surface area contributed by atoms with Crippen LogP contribution in [-0.2, 0) is 14.3 Å². The van der Waals surface area contributed by atoms with Gasteiger partial charge in [-0.05, 0) is 109 Å². The fourth-order valence-electron chi connectivity index (χ4n) is 11.0. The first-order valence-electron chi connectivity index (χ1n) is 18.3. The molecule has 4 aliphatic rings. The number of esters is 1. The summed E-state index contributed by atoms with van der Waals surface area (Å²) in [7, 11) is 0. The van der Waals surface area contributed by atoms with E-state index in [-0.39, 0.29) is 29.3 Å². The van der Waals surface area contributed by atoms with Crippen LogP contribution in [0.15, 0.2) is 11.6 Å². The largest absolute Gasteiger partial charge is 0.461 e. The summed E-state index contributed by atoms with van der Waals surface area (Å²) in [6, 6.07) is -0.553. The summed E-state index contributed by atoms with van der Waals surface area (Å²) in [5, 5.41) is 3.00. The quantitative estimate of drug-likeness (QED) is 0.180. The number of ether oxygens (including phenoxy) is 1. The zero-order chi connectivity index (χ0) is 31.7. The predicted molar refractivity (Wildman–Crippen MR) is 178 cm³/mol. The lowest BCUT2D eigenvalue weighted by atomic mass is 9.41. The summed E-state index contributed by atoms with van der Waals surface area (Å²) < 4.78 is 6.19. The van der Waals surface area contributed by atoms with Gasteiger partial charge in [-0.1, -0.05) is 100 Å². The number of fused-ring (bicyclic) bond motifs is 5. The summed E-state index contributed by atoms with van der Waals surface area (Å²) in [5.41, 5.74) is 2.59. The Morgan fingerprint density at radius 1 is 0.860 bits per heavy atom. The number of hydrogen-bond donors (Lipinski definition) is 1. The molecule has 0 heterocycles. The van der Waals surface area contributed by atoms with Crippen LogP contribution < -0.4 is 5.32 Å². The van der Waals surface area contributed by atoms with Gasteiger partial charge in [0.1, 0.15) is 12.1 Å². The Morgan fingerprint density at radius 3 is 2.23 bits per heavy atom. The van der Waals surface area contributed by atoms with Crippen molar-refractivity contribution in [2.45, 2.75) is 165 Å². The second kappa shape index (κ2) is 13.6. The molecule has 43 heavy (non-hydrogen) atoms. The molecule has 3 fully saturated rings. The van der Waals surface area contributed by atoms with Crippen molar-refractivity contribution in [1.82, 2.24) is 5.32 Å². The molecule has 0 bridgehead atoms. The summed E-state index contributed by atoms with van der Waals surface area (Å²) >= 11 is 0. The average molecular weight is 598 g/mol. The van der Waals surface area contributed by atoms with E-state index < -0.39 is 6.04 Å². The van der Waals surface area contributed by atoms with Crippen molar-refractivity contribution in [2.24, 2.45) is 57.7 Å². The number of rotatable bonds is 12. The van der Waals surface area contributed by atoms with Crippen LogP contribution in [-0.4, -0.2) is 24.0 Å². The number of carbonyl (C=O) groups is 2. The first kappa shape index (κ1) is 34.6. The smallest absolute Gasteiger partial charge is 0.328 e. The highest BCUT2D eigenvalue weighted by Crippen LogP contribution is 2.72. The molecule has 3 saturated carbocycles. The van der Waals surface area contributed by atoms with Crippen LogP contribution in [0.5, 0.6) is 0 Å². The summed E-state index contributed by atoms with van der Waals surface area (Å²) in [6.07, 6.45) is 17.3. The second-order valence-electron chi connectivity index (χ2n) is 17.6. The maximum absolute atomic E-state index is 13.4. The molecule has 0 aromatic carbocycles. The Hall–Kier alpha value is -1.32. The molecule has 0 aromatic rings. The van der Waals surface area contributed by atoms with E-state index in [1.165, 1.54) is 51.4 Å². The molecule has 0 radical (unpaired) electrons. The SMILES string of the molecule is CC(C)CCC[C@@H](C)C1CC[C@H]2[C@]3(C)CC=C4C[C@@H](OC(=O)C(CC(C)C)NC(=O)CC(C)C)CC[C@]4(C)[C@H]3CC[C@]12C. The molecule has 1 N–H and O–H groups in total. The molecule has 4 aliphatic carbocycles. The van der Waals surface area contributed by atoms with Gasteiger partial charge in [-0.15, -0.1) is 0 Å². The highest BCUT2D eigenvalue weighted by Gasteiger charge is 2.64. The van der Waals surface area contributed by atoms with Gasteiger partial charge in [-0.2, -0.15) is 0 Å². The van der Waals surface area contributed by atoms with Crippen LogP contribution in [0.3, 0.4) is 0 Å². The minimum Gasteiger partial charge on any atom is -0.461 e. The third kappa shape index (κ3) is 7.24. The van der Waals surface area contributed by atoms with Crippen LogP contribution in [0.2, 0.25) is 0 Å². The second-order valence-corrected chi connectivity index (χ2v) is 17.6. The van der Waals surface area contributed by atoms with Gasteiger partial charge in [0.15, 0.2) is 0 Å². The van der Waals surface area contributed by atoms with Gasteiger partial charge in [0.2, 0.25) is 5.91 Å². The number of hydrogen-bond acceptors (Lipinski definition) is 3. The summed E-state index contributed by atoms with van der Waals surface area (Å²) in [4.78, 5) is 25.9. The van der Waals surface area contributed by atoms with Crippen LogP contribution >= 0.6 is 0 Å². The number of allylic oxidation sites excluding steroid dienone is 1. The molecule has 2 unspecified atom stereocenters. The van der Waals surface area contributed by atoms with Gasteiger partial charge in [0, 0.05) is 12.8 Å². The van der Waals surface area contributed by atoms with Crippen molar-refractivity contribution in [2.75, 3.05) is 0 Å². The molecule has 0 saturated heterocycles. The Bertz CT molecular complexity index is 1010. The molecule has 0 aromatic heterocycles. The minimum absolute atomic E-state index is 0.0495. The summed E-state index contributed by atoms with van der Waals surface area (Å²) in [5.74, 6) is 4.33. The van der Waals surface area contributed by atoms with E-state index >= 15 is 0 Å². The van der Waals surface area contributed by atoms with Crippen molar-refractivity contribution >= 4 is 11.9 Å². The first-order chi connectivity index (χ1) is 20.1. The van der Waals surface area contributed by atoms with Gasteiger partial charge < -0.3 is 10.1 Å². The normalized spacial score (nSPS) is 36.9. The topological polar surface area (TPSA) is 55.4 Å². The van der Waals surface area contributed by atoms with Gasteiger partial charge in [0.25, 0.3) is 0 Å². The third-order valence-corrected chi connectivity index (χ3v) is 13.0. The fraction of sp³-hybridized carbons (Fsp3) is 0.897. The molecule has 1 amide bonds. The molecule has 0 spiro atoms. The third-order valence-electron chi connectivity index (χ3n) is 13.0. The zero-order valence-electron chi connectivity index (χ0n) is 29.7. The number of carbonyl (C=O) groups excluding carboxylic acids is 2. The first-order valence-corrected chi connectivity index (χ1v) is 18.3. The highest BCUT2D eigenvalue weighted by atomic mass is 16.5. The van der Waals surface area contributed by atoms with E-state index in [1.54, 1.807) is 5.57 Å². The number of amides is 1. The van der Waals surface area contributed by atoms with Crippen LogP contribution in [0.4, 0.5) is 0 Å². The van der Waals surface area contributed by atoms with Crippen LogP contribution in [0.25, 0.3) is 0 Å². The van der Waals surface area contributed by atoms with E-state index in [4.69, 9.17) is 4.74 Å². The summed E-state index contributed by atoms with van der Waals surface area (Å²) in [6.45, 7) is 23.4. The fourth-order valence-corrected chi connectivity index (χ4v) is 11.0. The predicted octanol–water partition coefficient (Wildman–Crippen LogP) is 9.91. The van der Waals surface area contributed by atoms with Crippen molar-refractivity contribution in [1.29, 1.82) is 0 Å².